The van der Waals surface area contributed by atoms with Crippen molar-refractivity contribution in [3.05, 3.63) is 35.2 Å². The van der Waals surface area contributed by atoms with E-state index in [-0.39, 0.29) is 11.7 Å². The number of anilines is 1. The van der Waals surface area contributed by atoms with E-state index in [1.165, 1.54) is 17.3 Å². The zero-order valence-electron chi connectivity index (χ0n) is 12.4. The Kier molecular flexibility index (Phi) is 4.98. The average molecular weight is 305 g/mol. The van der Waals surface area contributed by atoms with Crippen LogP contribution in [0.3, 0.4) is 0 Å². The van der Waals surface area contributed by atoms with Crippen LogP contribution in [-0.4, -0.2) is 26.4 Å². The van der Waals surface area contributed by atoms with Crippen LogP contribution in [0, 0.1) is 13.8 Å². The summed E-state index contributed by atoms with van der Waals surface area (Å²) in [5, 5.41) is 11.6. The van der Waals surface area contributed by atoms with Crippen molar-refractivity contribution in [1.82, 2.24) is 14.8 Å². The van der Waals surface area contributed by atoms with Crippen molar-refractivity contribution in [2.45, 2.75) is 25.5 Å². The molecule has 1 aromatic carbocycles. The van der Waals surface area contributed by atoms with Gasteiger partial charge in [-0.05, 0) is 25.5 Å². The van der Waals surface area contributed by atoms with Gasteiger partial charge in [0.2, 0.25) is 5.91 Å². The molecule has 1 aromatic heterocycles. The molecule has 2 aromatic rings. The molecule has 0 unspecified atom stereocenters. The largest absolute Gasteiger partial charge is 0.325 e. The lowest BCUT2D eigenvalue weighted by Gasteiger charge is -2.09. The number of thioether (sulfide) groups is 1. The van der Waals surface area contributed by atoms with Crippen LogP contribution in [0.2, 0.25) is 0 Å². The first-order chi connectivity index (χ1) is 10.0. The minimum Gasteiger partial charge on any atom is -0.325 e. The second-order valence-electron chi connectivity index (χ2n) is 4.82. The van der Waals surface area contributed by atoms with Gasteiger partial charge in [0.25, 0.3) is 0 Å². The van der Waals surface area contributed by atoms with E-state index < -0.39 is 0 Å². The van der Waals surface area contributed by atoms with Gasteiger partial charge in [0.15, 0.2) is 5.16 Å². The Labute approximate surface area is 128 Å². The van der Waals surface area contributed by atoms with Crippen LogP contribution in [0.15, 0.2) is 23.4 Å². The van der Waals surface area contributed by atoms with Crippen molar-refractivity contribution in [2.75, 3.05) is 11.1 Å². The maximum absolute atomic E-state index is 12.0. The Bertz CT molecular complexity index is 653. The number of hydrogen-bond acceptors (Lipinski definition) is 5. The van der Waals surface area contributed by atoms with Gasteiger partial charge < -0.3 is 15.6 Å². The highest BCUT2D eigenvalue weighted by Crippen LogP contribution is 2.18. The number of nitrogens with two attached hydrogens (primary N) is 1. The molecular formula is C14H19N5OS. The monoisotopic (exact) mass is 305 g/mol. The number of aryl methyl sites for hydroxylation is 2. The summed E-state index contributed by atoms with van der Waals surface area (Å²) in [5.74, 6) is 0.917. The Morgan fingerprint density at radius 2 is 2.14 bits per heavy atom. The minimum atomic E-state index is -0.0655. The van der Waals surface area contributed by atoms with Crippen LogP contribution in [-0.2, 0) is 18.4 Å². The van der Waals surface area contributed by atoms with Gasteiger partial charge in [-0.1, -0.05) is 29.5 Å². The number of amides is 1. The highest BCUT2D eigenvalue weighted by molar-refractivity contribution is 7.99. The van der Waals surface area contributed by atoms with Crippen LogP contribution in [0.5, 0.6) is 0 Å². The molecule has 0 aliphatic heterocycles. The van der Waals surface area contributed by atoms with Crippen molar-refractivity contribution in [1.29, 1.82) is 0 Å². The molecule has 0 spiro atoms. The van der Waals surface area contributed by atoms with Crippen molar-refractivity contribution in [2.24, 2.45) is 12.8 Å². The molecule has 21 heavy (non-hydrogen) atoms. The average Bonchev–Trinajstić information content (AvgIpc) is 2.80. The number of rotatable bonds is 5. The Balaban J connectivity index is 1.94. The van der Waals surface area contributed by atoms with E-state index in [9.17, 15) is 4.79 Å². The SMILES string of the molecule is Cc1ccc(NC(=O)CSc2nnc(CN)n2C)c(C)c1. The molecular weight excluding hydrogens is 286 g/mol. The van der Waals surface area contributed by atoms with E-state index in [0.29, 0.717) is 17.5 Å². The molecule has 0 fully saturated rings. The number of nitrogens with one attached hydrogen (secondary N) is 1. The van der Waals surface area contributed by atoms with Gasteiger partial charge in [0, 0.05) is 12.7 Å². The lowest BCUT2D eigenvalue weighted by Crippen LogP contribution is -2.15. The molecule has 0 aliphatic rings. The molecule has 112 valence electrons. The van der Waals surface area contributed by atoms with Crippen LogP contribution >= 0.6 is 11.8 Å². The Morgan fingerprint density at radius 3 is 2.76 bits per heavy atom. The van der Waals surface area contributed by atoms with Crippen molar-refractivity contribution in [3.63, 3.8) is 0 Å². The van der Waals surface area contributed by atoms with E-state index in [0.717, 1.165) is 11.3 Å². The number of nitrogens with zero attached hydrogens (tertiary/aromatic N) is 3. The van der Waals surface area contributed by atoms with Crippen LogP contribution in [0.1, 0.15) is 17.0 Å². The fourth-order valence-electron chi connectivity index (χ4n) is 1.92. The predicted octanol–water partition coefficient (Wildman–Crippen LogP) is 1.62. The molecule has 1 amide bonds. The van der Waals surface area contributed by atoms with Crippen molar-refractivity contribution < 1.29 is 4.79 Å². The minimum absolute atomic E-state index is 0.0655. The number of hydrogen-bond donors (Lipinski definition) is 2. The summed E-state index contributed by atoms with van der Waals surface area (Å²) in [6.07, 6.45) is 0. The fourth-order valence-corrected chi connectivity index (χ4v) is 2.65. The van der Waals surface area contributed by atoms with E-state index >= 15 is 0 Å². The zero-order valence-corrected chi connectivity index (χ0v) is 13.2. The highest BCUT2D eigenvalue weighted by Gasteiger charge is 2.11. The number of carbonyl (C=O) groups is 1. The van der Waals surface area contributed by atoms with E-state index in [1.54, 1.807) is 4.57 Å². The summed E-state index contributed by atoms with van der Waals surface area (Å²) in [5.41, 5.74) is 8.61. The normalized spacial score (nSPS) is 10.7. The van der Waals surface area contributed by atoms with E-state index in [2.05, 4.69) is 15.5 Å². The molecule has 0 aliphatic carbocycles. The molecule has 0 saturated heterocycles. The molecule has 7 heteroatoms. The zero-order chi connectivity index (χ0) is 15.4. The summed E-state index contributed by atoms with van der Waals surface area (Å²) in [6, 6.07) is 5.94. The lowest BCUT2D eigenvalue weighted by molar-refractivity contribution is -0.113. The third kappa shape index (κ3) is 3.83. The molecule has 1 heterocycles. The maximum atomic E-state index is 12.0. The smallest absolute Gasteiger partial charge is 0.234 e. The highest BCUT2D eigenvalue weighted by atomic mass is 32.2. The van der Waals surface area contributed by atoms with Gasteiger partial charge in [0.1, 0.15) is 5.82 Å². The van der Waals surface area contributed by atoms with Crippen molar-refractivity contribution in [3.8, 4) is 0 Å². The van der Waals surface area contributed by atoms with Gasteiger partial charge in [-0.3, -0.25) is 4.79 Å². The van der Waals surface area contributed by atoms with Crippen LogP contribution < -0.4 is 11.1 Å². The first-order valence-corrected chi connectivity index (χ1v) is 7.58. The predicted molar refractivity (Wildman–Crippen MR) is 84.2 cm³/mol. The molecule has 0 saturated carbocycles. The second-order valence-corrected chi connectivity index (χ2v) is 5.76. The fraction of sp³-hybridized carbons (Fsp3) is 0.357. The van der Waals surface area contributed by atoms with E-state index in [4.69, 9.17) is 5.73 Å². The molecule has 2 rings (SSSR count). The molecule has 6 nitrogen and oxygen atoms in total. The number of carbonyl (C=O) groups excluding carboxylic acids is 1. The topological polar surface area (TPSA) is 85.8 Å². The third-order valence-electron chi connectivity index (χ3n) is 3.10. The Morgan fingerprint density at radius 1 is 1.38 bits per heavy atom. The molecule has 3 N–H and O–H groups in total. The number of benzene rings is 1. The molecule has 0 atom stereocenters. The number of aromatic nitrogens is 3. The third-order valence-corrected chi connectivity index (χ3v) is 4.12. The summed E-state index contributed by atoms with van der Waals surface area (Å²) in [4.78, 5) is 12.0. The second kappa shape index (κ2) is 6.73. The standard InChI is InChI=1S/C14H19N5OS/c1-9-4-5-11(10(2)6-9)16-13(20)8-21-14-18-17-12(7-15)19(14)3/h4-6H,7-8,15H2,1-3H3,(H,16,20). The molecule has 0 bridgehead atoms. The van der Waals surface area contributed by atoms with Gasteiger partial charge >= 0.3 is 0 Å². The summed E-state index contributed by atoms with van der Waals surface area (Å²) in [6.45, 7) is 4.34. The van der Waals surface area contributed by atoms with Gasteiger partial charge in [-0.15, -0.1) is 10.2 Å². The first-order valence-electron chi connectivity index (χ1n) is 6.59. The Hall–Kier alpha value is -1.86. The van der Waals surface area contributed by atoms with Gasteiger partial charge in [0.05, 0.1) is 12.3 Å². The quantitative estimate of drug-likeness (QED) is 0.820. The van der Waals surface area contributed by atoms with Gasteiger partial charge in [-0.2, -0.15) is 0 Å². The first kappa shape index (κ1) is 15.5. The van der Waals surface area contributed by atoms with E-state index in [1.807, 2.05) is 39.1 Å². The van der Waals surface area contributed by atoms with Gasteiger partial charge in [-0.25, -0.2) is 0 Å². The van der Waals surface area contributed by atoms with Crippen LogP contribution in [0.25, 0.3) is 0 Å². The summed E-state index contributed by atoms with van der Waals surface area (Å²) >= 11 is 1.34. The lowest BCUT2D eigenvalue weighted by atomic mass is 10.1. The summed E-state index contributed by atoms with van der Waals surface area (Å²) < 4.78 is 1.80. The van der Waals surface area contributed by atoms with Crippen molar-refractivity contribution >= 4 is 23.4 Å². The summed E-state index contributed by atoms with van der Waals surface area (Å²) in [7, 11) is 1.84. The molecule has 0 radical (unpaired) electrons. The van der Waals surface area contributed by atoms with Crippen LogP contribution in [0.4, 0.5) is 5.69 Å². The maximum Gasteiger partial charge on any atom is 0.234 e.